The fourth-order valence-corrected chi connectivity index (χ4v) is 4.51. The molecule has 0 radical (unpaired) electrons. The van der Waals surface area contributed by atoms with Gasteiger partial charge in [0.05, 0.1) is 12.4 Å². The van der Waals surface area contributed by atoms with Crippen molar-refractivity contribution in [2.45, 2.75) is 57.7 Å². The van der Waals surface area contributed by atoms with Gasteiger partial charge in [-0.05, 0) is 50.7 Å². The highest BCUT2D eigenvalue weighted by molar-refractivity contribution is 5.99. The first-order valence-electron chi connectivity index (χ1n) is 9.95. The third kappa shape index (κ3) is 2.65. The summed E-state index contributed by atoms with van der Waals surface area (Å²) in [7, 11) is 0. The minimum atomic E-state index is 0.0413. The van der Waals surface area contributed by atoms with Crippen LogP contribution in [0.3, 0.4) is 0 Å². The molecule has 1 aliphatic heterocycles. The Balaban J connectivity index is 1.50. The molecule has 3 aromatic rings. The van der Waals surface area contributed by atoms with E-state index in [-0.39, 0.29) is 18.0 Å². The van der Waals surface area contributed by atoms with Crippen LogP contribution < -0.4 is 5.32 Å². The number of fused-ring (bicyclic) bond motifs is 2. The number of nitrogens with one attached hydrogen (secondary N) is 2. The van der Waals surface area contributed by atoms with Gasteiger partial charge in [0.2, 0.25) is 0 Å². The zero-order chi connectivity index (χ0) is 19.3. The van der Waals surface area contributed by atoms with Gasteiger partial charge in [0, 0.05) is 17.6 Å². The monoisotopic (exact) mass is 376 g/mol. The highest BCUT2D eigenvalue weighted by atomic mass is 16.2. The second-order valence-corrected chi connectivity index (χ2v) is 7.93. The van der Waals surface area contributed by atoms with Crippen molar-refractivity contribution in [2.75, 3.05) is 5.32 Å². The van der Waals surface area contributed by atoms with Gasteiger partial charge in [-0.2, -0.15) is 0 Å². The third-order valence-corrected chi connectivity index (χ3v) is 6.23. The van der Waals surface area contributed by atoms with E-state index in [9.17, 15) is 4.79 Å². The second-order valence-electron chi connectivity index (χ2n) is 7.93. The van der Waals surface area contributed by atoms with E-state index in [1.807, 2.05) is 19.1 Å². The number of H-pyrrole nitrogens is 1. The smallest absolute Gasteiger partial charge is 0.254 e. The number of hydrogen-bond acceptors (Lipinski definition) is 5. The number of anilines is 1. The van der Waals surface area contributed by atoms with Crippen LogP contribution in [0.4, 0.5) is 5.82 Å². The standard InChI is InChI=1S/C21H24N6O/c1-12-5-3-6-14-9-16(27(15-7-4-8-15)21(28)17(12)14)13(2)26-20-18-19(23-10-22-18)24-11-25-20/h3,5-6,10-11,13,15-16H,4,7-9H2,1-2H3,(H2,22,23,24,25,26)/t13-,16?/m1/s1. The quantitative estimate of drug-likeness (QED) is 0.731. The van der Waals surface area contributed by atoms with Gasteiger partial charge in [0.1, 0.15) is 11.8 Å². The van der Waals surface area contributed by atoms with Crippen molar-refractivity contribution in [3.8, 4) is 0 Å². The number of hydrogen-bond donors (Lipinski definition) is 2. The van der Waals surface area contributed by atoms with Crippen LogP contribution in [-0.2, 0) is 6.42 Å². The summed E-state index contributed by atoms with van der Waals surface area (Å²) in [6.07, 6.45) is 7.38. The number of carbonyl (C=O) groups excluding carboxylic acids is 1. The Morgan fingerprint density at radius 1 is 1.25 bits per heavy atom. The molecule has 5 rings (SSSR count). The lowest BCUT2D eigenvalue weighted by Crippen LogP contribution is -2.58. The number of rotatable bonds is 4. The molecule has 1 fully saturated rings. The number of amides is 1. The van der Waals surface area contributed by atoms with Gasteiger partial charge in [0.15, 0.2) is 11.5 Å². The SMILES string of the molecule is Cc1cccc2c1C(=O)N(C1CCC1)C([C@@H](C)Nc1ncnc3nc[nH]c13)C2. The summed E-state index contributed by atoms with van der Waals surface area (Å²) in [5, 5.41) is 3.52. The Labute approximate surface area is 163 Å². The van der Waals surface area contributed by atoms with Crippen molar-refractivity contribution in [1.82, 2.24) is 24.8 Å². The third-order valence-electron chi connectivity index (χ3n) is 6.23. The van der Waals surface area contributed by atoms with E-state index in [1.165, 1.54) is 12.7 Å². The molecule has 28 heavy (non-hydrogen) atoms. The maximum absolute atomic E-state index is 13.5. The summed E-state index contributed by atoms with van der Waals surface area (Å²) in [4.78, 5) is 31.5. The molecule has 2 N–H and O–H groups in total. The molecule has 2 aliphatic rings. The van der Waals surface area contributed by atoms with Gasteiger partial charge in [-0.3, -0.25) is 4.79 Å². The average molecular weight is 376 g/mol. The summed E-state index contributed by atoms with van der Waals surface area (Å²) in [6, 6.07) is 6.64. The van der Waals surface area contributed by atoms with Crippen LogP contribution in [0.5, 0.6) is 0 Å². The molecule has 0 saturated heterocycles. The lowest BCUT2D eigenvalue weighted by molar-refractivity contribution is 0.0376. The molecule has 1 amide bonds. The molecule has 0 spiro atoms. The van der Waals surface area contributed by atoms with Crippen molar-refractivity contribution in [1.29, 1.82) is 0 Å². The highest BCUT2D eigenvalue weighted by Gasteiger charge is 2.41. The maximum atomic E-state index is 13.5. The molecular weight excluding hydrogens is 352 g/mol. The van der Waals surface area contributed by atoms with Crippen molar-refractivity contribution in [3.63, 3.8) is 0 Å². The van der Waals surface area contributed by atoms with Crippen LogP contribution >= 0.6 is 0 Å². The summed E-state index contributed by atoms with van der Waals surface area (Å²) in [5.41, 5.74) is 4.55. The number of carbonyl (C=O) groups is 1. The first-order valence-corrected chi connectivity index (χ1v) is 9.95. The lowest BCUT2D eigenvalue weighted by atomic mass is 9.82. The van der Waals surface area contributed by atoms with Crippen molar-refractivity contribution >= 4 is 22.9 Å². The van der Waals surface area contributed by atoms with Gasteiger partial charge in [-0.15, -0.1) is 0 Å². The summed E-state index contributed by atoms with van der Waals surface area (Å²) < 4.78 is 0. The molecule has 2 aromatic heterocycles. The van der Waals surface area contributed by atoms with Gasteiger partial charge in [-0.25, -0.2) is 15.0 Å². The topological polar surface area (TPSA) is 86.8 Å². The fraction of sp³-hybridized carbons (Fsp3) is 0.429. The van der Waals surface area contributed by atoms with E-state index >= 15 is 0 Å². The van der Waals surface area contributed by atoms with Crippen molar-refractivity contribution in [3.05, 3.63) is 47.5 Å². The molecule has 144 valence electrons. The molecular formula is C21H24N6O. The average Bonchev–Trinajstić information content (AvgIpc) is 3.12. The van der Waals surface area contributed by atoms with Gasteiger partial charge in [-0.1, -0.05) is 18.2 Å². The second kappa shape index (κ2) is 6.58. The maximum Gasteiger partial charge on any atom is 0.254 e. The first kappa shape index (κ1) is 17.2. The lowest BCUT2D eigenvalue weighted by Gasteiger charge is -2.48. The number of benzene rings is 1. The van der Waals surface area contributed by atoms with Crippen molar-refractivity contribution < 1.29 is 4.79 Å². The Morgan fingerprint density at radius 2 is 2.11 bits per heavy atom. The molecule has 0 bridgehead atoms. The Morgan fingerprint density at radius 3 is 2.89 bits per heavy atom. The molecule has 3 heterocycles. The van der Waals surface area contributed by atoms with Crippen LogP contribution in [0.1, 0.15) is 47.7 Å². The summed E-state index contributed by atoms with van der Waals surface area (Å²) in [6.45, 7) is 4.17. The van der Waals surface area contributed by atoms with Crippen LogP contribution in [0.2, 0.25) is 0 Å². The van der Waals surface area contributed by atoms with Gasteiger partial charge >= 0.3 is 0 Å². The normalized spacial score (nSPS) is 20.7. The Bertz CT molecular complexity index is 1040. The molecule has 1 aliphatic carbocycles. The molecule has 2 atom stereocenters. The van der Waals surface area contributed by atoms with E-state index in [1.54, 1.807) is 6.33 Å². The summed E-state index contributed by atoms with van der Waals surface area (Å²) in [5.74, 6) is 0.906. The number of imidazole rings is 1. The minimum Gasteiger partial charge on any atom is -0.364 e. The largest absolute Gasteiger partial charge is 0.364 e. The minimum absolute atomic E-state index is 0.0413. The Kier molecular flexibility index (Phi) is 4.03. The first-order chi connectivity index (χ1) is 13.6. The number of nitrogens with zero attached hydrogens (tertiary/aromatic N) is 4. The zero-order valence-corrected chi connectivity index (χ0v) is 16.1. The molecule has 1 unspecified atom stereocenters. The van der Waals surface area contributed by atoms with E-state index in [4.69, 9.17) is 0 Å². The van der Waals surface area contributed by atoms with Gasteiger partial charge < -0.3 is 15.2 Å². The van der Waals surface area contributed by atoms with Crippen LogP contribution in [0.25, 0.3) is 11.2 Å². The highest BCUT2D eigenvalue weighted by Crippen LogP contribution is 2.35. The Hall–Kier alpha value is -2.96. The van der Waals surface area contributed by atoms with E-state index in [0.29, 0.717) is 11.7 Å². The van der Waals surface area contributed by atoms with Crippen molar-refractivity contribution in [2.24, 2.45) is 0 Å². The number of aryl methyl sites for hydroxylation is 1. The summed E-state index contributed by atoms with van der Waals surface area (Å²) >= 11 is 0. The van der Waals surface area contributed by atoms with Crippen LogP contribution in [0, 0.1) is 6.92 Å². The fourth-order valence-electron chi connectivity index (χ4n) is 4.51. The van der Waals surface area contributed by atoms with Crippen LogP contribution in [0.15, 0.2) is 30.9 Å². The molecule has 7 nitrogen and oxygen atoms in total. The molecule has 7 heteroatoms. The van der Waals surface area contributed by atoms with Gasteiger partial charge in [0.25, 0.3) is 5.91 Å². The molecule has 1 saturated carbocycles. The predicted molar refractivity (Wildman–Crippen MR) is 107 cm³/mol. The van der Waals surface area contributed by atoms with E-state index < -0.39 is 0 Å². The number of aromatic amines is 1. The van der Waals surface area contributed by atoms with E-state index in [2.05, 4.69) is 43.1 Å². The zero-order valence-electron chi connectivity index (χ0n) is 16.1. The molecule has 1 aromatic carbocycles. The van der Waals surface area contributed by atoms with E-state index in [0.717, 1.165) is 47.3 Å². The predicted octanol–water partition coefficient (Wildman–Crippen LogP) is 3.08. The van der Waals surface area contributed by atoms with Crippen LogP contribution in [-0.4, -0.2) is 48.9 Å². The number of aromatic nitrogens is 4.